The second-order valence-corrected chi connectivity index (χ2v) is 8.31. The molecule has 0 aliphatic rings. The van der Waals surface area contributed by atoms with E-state index in [2.05, 4.69) is 10.3 Å². The van der Waals surface area contributed by atoms with Crippen LogP contribution in [0.5, 0.6) is 5.75 Å². The van der Waals surface area contributed by atoms with E-state index in [0.717, 1.165) is 33.1 Å². The third-order valence-corrected chi connectivity index (χ3v) is 6.03. The molecule has 0 aliphatic carbocycles. The van der Waals surface area contributed by atoms with E-state index in [0.29, 0.717) is 5.02 Å². The number of rotatable bonds is 7. The van der Waals surface area contributed by atoms with Gasteiger partial charge in [0.25, 0.3) is 0 Å². The fourth-order valence-electron chi connectivity index (χ4n) is 3.32. The lowest BCUT2D eigenvalue weighted by Gasteiger charge is -2.20. The van der Waals surface area contributed by atoms with Crippen LogP contribution in [0.1, 0.15) is 22.9 Å². The number of nitrogens with zero attached hydrogens (tertiary/aromatic N) is 1. The number of hydrogen-bond donors (Lipinski definition) is 1. The molecule has 0 bridgehead atoms. The Kier molecular flexibility index (Phi) is 6.65. The van der Waals surface area contributed by atoms with Gasteiger partial charge in [0.1, 0.15) is 10.8 Å². The highest BCUT2D eigenvalue weighted by Crippen LogP contribution is 2.27. The number of hydrogen-bond acceptors (Lipinski definition) is 4. The Morgan fingerprint density at radius 2 is 1.77 bits per heavy atom. The molecular weight excluding hydrogens is 428 g/mol. The van der Waals surface area contributed by atoms with Crippen LogP contribution >= 0.6 is 22.9 Å². The molecule has 0 radical (unpaired) electrons. The molecule has 0 fully saturated rings. The molecule has 1 aromatic heterocycles. The zero-order chi connectivity index (χ0) is 21.6. The van der Waals surface area contributed by atoms with Crippen molar-refractivity contribution in [1.82, 2.24) is 10.3 Å². The van der Waals surface area contributed by atoms with Gasteiger partial charge in [-0.3, -0.25) is 4.79 Å². The number of ether oxygens (including phenoxy) is 1. The summed E-state index contributed by atoms with van der Waals surface area (Å²) in [6, 6.07) is 25.0. The Balaban J connectivity index is 1.51. The van der Waals surface area contributed by atoms with Crippen molar-refractivity contribution in [2.75, 3.05) is 7.11 Å². The number of nitrogens with one attached hydrogen (secondary N) is 1. The van der Waals surface area contributed by atoms with Gasteiger partial charge >= 0.3 is 0 Å². The summed E-state index contributed by atoms with van der Waals surface area (Å²) in [6.45, 7) is 0. The average molecular weight is 449 g/mol. The van der Waals surface area contributed by atoms with Crippen molar-refractivity contribution in [3.05, 3.63) is 106 Å². The first-order chi connectivity index (χ1) is 15.1. The maximum absolute atomic E-state index is 12.9. The highest BCUT2D eigenvalue weighted by atomic mass is 35.5. The monoisotopic (exact) mass is 448 g/mol. The van der Waals surface area contributed by atoms with Gasteiger partial charge in [0.2, 0.25) is 5.91 Å². The molecule has 0 saturated carbocycles. The number of aromatic nitrogens is 1. The molecule has 3 aromatic carbocycles. The SMILES string of the molecule is COc1ccc(C(NC(=O)Cc2csc(-c3cccc(Cl)c3)n2)c2ccccc2)cc1. The highest BCUT2D eigenvalue weighted by Gasteiger charge is 2.18. The zero-order valence-electron chi connectivity index (χ0n) is 16.9. The number of halogens is 1. The number of carbonyl (C=O) groups excluding carboxylic acids is 1. The fourth-order valence-corrected chi connectivity index (χ4v) is 4.33. The van der Waals surface area contributed by atoms with Gasteiger partial charge in [-0.25, -0.2) is 4.98 Å². The van der Waals surface area contributed by atoms with Gasteiger partial charge in [-0.1, -0.05) is 66.2 Å². The number of benzene rings is 3. The van der Waals surface area contributed by atoms with Gasteiger partial charge in [0, 0.05) is 16.0 Å². The second kappa shape index (κ2) is 9.77. The fraction of sp³-hybridized carbons (Fsp3) is 0.120. The van der Waals surface area contributed by atoms with Crippen LogP contribution in [0.2, 0.25) is 5.02 Å². The Labute approximate surface area is 190 Å². The zero-order valence-corrected chi connectivity index (χ0v) is 18.5. The number of thiazole rings is 1. The van der Waals surface area contributed by atoms with Crippen molar-refractivity contribution in [1.29, 1.82) is 0 Å². The summed E-state index contributed by atoms with van der Waals surface area (Å²) < 4.78 is 5.26. The normalized spacial score (nSPS) is 11.7. The van der Waals surface area contributed by atoms with E-state index in [-0.39, 0.29) is 18.4 Å². The molecule has 31 heavy (non-hydrogen) atoms. The molecule has 4 nitrogen and oxygen atoms in total. The van der Waals surface area contributed by atoms with Gasteiger partial charge < -0.3 is 10.1 Å². The van der Waals surface area contributed by atoms with Crippen molar-refractivity contribution in [3.63, 3.8) is 0 Å². The van der Waals surface area contributed by atoms with Gasteiger partial charge in [-0.2, -0.15) is 0 Å². The minimum absolute atomic E-state index is 0.0902. The van der Waals surface area contributed by atoms with Gasteiger partial charge in [-0.15, -0.1) is 11.3 Å². The number of methoxy groups -OCH3 is 1. The summed E-state index contributed by atoms with van der Waals surface area (Å²) in [6.07, 6.45) is 0.205. The van der Waals surface area contributed by atoms with Crippen LogP contribution in [0, 0.1) is 0 Å². The Morgan fingerprint density at radius 3 is 2.48 bits per heavy atom. The van der Waals surface area contributed by atoms with E-state index in [4.69, 9.17) is 16.3 Å². The Hall–Kier alpha value is -3.15. The van der Waals surface area contributed by atoms with Crippen LogP contribution in [0.15, 0.2) is 84.2 Å². The summed E-state index contributed by atoms with van der Waals surface area (Å²) in [5, 5.41) is 6.59. The predicted octanol–water partition coefficient (Wildman–Crippen LogP) is 5.92. The summed E-state index contributed by atoms with van der Waals surface area (Å²) in [4.78, 5) is 17.5. The molecular formula is C25H21ClN2O2S. The van der Waals surface area contributed by atoms with Crippen LogP contribution in [-0.4, -0.2) is 18.0 Å². The molecule has 0 saturated heterocycles. The molecule has 6 heteroatoms. The van der Waals surface area contributed by atoms with Crippen molar-refractivity contribution in [2.45, 2.75) is 12.5 Å². The maximum Gasteiger partial charge on any atom is 0.226 e. The predicted molar refractivity (Wildman–Crippen MR) is 126 cm³/mol. The maximum atomic E-state index is 12.9. The third-order valence-electron chi connectivity index (χ3n) is 4.85. The molecule has 1 atom stereocenters. The number of carbonyl (C=O) groups is 1. The van der Waals surface area contributed by atoms with Crippen LogP contribution in [0.4, 0.5) is 0 Å². The van der Waals surface area contributed by atoms with Crippen molar-refractivity contribution in [3.8, 4) is 16.3 Å². The summed E-state index contributed by atoms with van der Waals surface area (Å²) in [5.74, 6) is 0.686. The van der Waals surface area contributed by atoms with Crippen LogP contribution in [0.3, 0.4) is 0 Å². The largest absolute Gasteiger partial charge is 0.497 e. The van der Waals surface area contributed by atoms with Crippen LogP contribution in [-0.2, 0) is 11.2 Å². The van der Waals surface area contributed by atoms with Crippen molar-refractivity contribution < 1.29 is 9.53 Å². The molecule has 1 amide bonds. The molecule has 0 spiro atoms. The minimum atomic E-state index is -0.259. The first-order valence-electron chi connectivity index (χ1n) is 9.81. The van der Waals surface area contributed by atoms with Crippen molar-refractivity contribution >= 4 is 28.8 Å². The molecule has 1 N–H and O–H groups in total. The van der Waals surface area contributed by atoms with E-state index in [1.54, 1.807) is 7.11 Å². The van der Waals surface area contributed by atoms with E-state index in [1.807, 2.05) is 84.2 Å². The van der Waals surface area contributed by atoms with E-state index in [1.165, 1.54) is 11.3 Å². The smallest absolute Gasteiger partial charge is 0.226 e. The number of amides is 1. The lowest BCUT2D eigenvalue weighted by atomic mass is 9.98. The minimum Gasteiger partial charge on any atom is -0.497 e. The third kappa shape index (κ3) is 5.32. The Morgan fingerprint density at radius 1 is 1.03 bits per heavy atom. The van der Waals surface area contributed by atoms with E-state index < -0.39 is 0 Å². The van der Waals surface area contributed by atoms with E-state index in [9.17, 15) is 4.79 Å². The first-order valence-corrected chi connectivity index (χ1v) is 11.1. The first kappa shape index (κ1) is 21.1. The van der Waals surface area contributed by atoms with Crippen LogP contribution in [0.25, 0.3) is 10.6 Å². The Bertz CT molecular complexity index is 1160. The molecule has 4 aromatic rings. The summed E-state index contributed by atoms with van der Waals surface area (Å²) in [5.41, 5.74) is 3.68. The summed E-state index contributed by atoms with van der Waals surface area (Å²) in [7, 11) is 1.64. The molecule has 1 unspecified atom stereocenters. The molecule has 1 heterocycles. The molecule has 0 aliphatic heterocycles. The second-order valence-electron chi connectivity index (χ2n) is 7.02. The van der Waals surface area contributed by atoms with Gasteiger partial charge in [0.05, 0.1) is 25.3 Å². The van der Waals surface area contributed by atoms with Gasteiger partial charge in [0.15, 0.2) is 0 Å². The highest BCUT2D eigenvalue weighted by molar-refractivity contribution is 7.13. The van der Waals surface area contributed by atoms with Gasteiger partial charge in [-0.05, 0) is 35.4 Å². The molecule has 4 rings (SSSR count). The topological polar surface area (TPSA) is 51.2 Å². The lowest BCUT2D eigenvalue weighted by molar-refractivity contribution is -0.121. The van der Waals surface area contributed by atoms with Crippen LogP contribution < -0.4 is 10.1 Å². The quantitative estimate of drug-likeness (QED) is 0.381. The average Bonchev–Trinajstić information content (AvgIpc) is 3.26. The standard InChI is InChI=1S/C25H21ClN2O2S/c1-30-22-12-10-18(11-13-22)24(17-6-3-2-4-7-17)28-23(29)15-21-16-31-25(27-21)19-8-5-9-20(26)14-19/h2-14,16,24H,15H2,1H3,(H,28,29). The van der Waals surface area contributed by atoms with E-state index >= 15 is 0 Å². The summed E-state index contributed by atoms with van der Waals surface area (Å²) >= 11 is 7.59. The van der Waals surface area contributed by atoms with Crippen molar-refractivity contribution in [2.24, 2.45) is 0 Å². The lowest BCUT2D eigenvalue weighted by Crippen LogP contribution is -2.30. The molecule has 156 valence electrons.